The molecule has 0 atom stereocenters. The maximum absolute atomic E-state index is 12.0. The Kier molecular flexibility index (Phi) is 3.05. The number of hydrogen-bond acceptors (Lipinski definition) is 3. The molecule has 0 N–H and O–H groups in total. The third kappa shape index (κ3) is 2.31. The van der Waals surface area contributed by atoms with Gasteiger partial charge in [-0.1, -0.05) is 6.07 Å². The molecule has 80 valence electrons. The van der Waals surface area contributed by atoms with Crippen LogP contribution in [0.25, 0.3) is 0 Å². The van der Waals surface area contributed by atoms with E-state index in [1.54, 1.807) is 30.7 Å². The molecule has 2 aromatic heterocycles. The molecule has 2 heterocycles. The summed E-state index contributed by atoms with van der Waals surface area (Å²) in [4.78, 5) is 20.1. The van der Waals surface area contributed by atoms with E-state index in [4.69, 9.17) is 0 Å². The van der Waals surface area contributed by atoms with Crippen LogP contribution in [0, 0.1) is 6.92 Å². The lowest BCUT2D eigenvalue weighted by Gasteiger charge is -2.03. The van der Waals surface area contributed by atoms with Crippen molar-refractivity contribution < 1.29 is 4.79 Å². The highest BCUT2D eigenvalue weighted by Gasteiger charge is 2.09. The Morgan fingerprint density at radius 2 is 2.06 bits per heavy atom. The Bertz CT molecular complexity index is 494. The molecule has 0 aromatic carbocycles. The first-order valence-corrected chi connectivity index (χ1v) is 5.11. The molecule has 16 heavy (non-hydrogen) atoms. The number of carbonyl (C=O) groups is 1. The zero-order valence-electron chi connectivity index (χ0n) is 9.05. The van der Waals surface area contributed by atoms with Crippen LogP contribution in [0.5, 0.6) is 0 Å². The summed E-state index contributed by atoms with van der Waals surface area (Å²) in [6.45, 7) is 1.84. The van der Waals surface area contributed by atoms with E-state index in [0.29, 0.717) is 12.0 Å². The maximum Gasteiger partial charge on any atom is 0.169 e. The molecule has 0 saturated heterocycles. The number of carbonyl (C=O) groups excluding carboxylic acids is 1. The van der Waals surface area contributed by atoms with Gasteiger partial charge in [0.1, 0.15) is 0 Å². The van der Waals surface area contributed by atoms with Crippen LogP contribution in [-0.2, 0) is 6.42 Å². The average molecular weight is 212 g/mol. The second-order valence-electron chi connectivity index (χ2n) is 3.60. The average Bonchev–Trinajstić information content (AvgIpc) is 2.31. The zero-order chi connectivity index (χ0) is 11.4. The van der Waals surface area contributed by atoms with Gasteiger partial charge in [-0.15, -0.1) is 0 Å². The molecule has 0 amide bonds. The van der Waals surface area contributed by atoms with Gasteiger partial charge in [-0.25, -0.2) is 0 Å². The Morgan fingerprint density at radius 1 is 1.25 bits per heavy atom. The summed E-state index contributed by atoms with van der Waals surface area (Å²) in [5, 5.41) is 0. The number of Topliss-reactive ketones (excluding diaryl/α,β-unsaturated/α-hetero) is 1. The second-order valence-corrected chi connectivity index (χ2v) is 3.60. The van der Waals surface area contributed by atoms with Crippen LogP contribution >= 0.6 is 0 Å². The summed E-state index contributed by atoms with van der Waals surface area (Å²) in [7, 11) is 0. The van der Waals surface area contributed by atoms with Crippen molar-refractivity contribution in [3.05, 3.63) is 59.7 Å². The first-order valence-electron chi connectivity index (χ1n) is 5.11. The third-order valence-corrected chi connectivity index (χ3v) is 2.39. The van der Waals surface area contributed by atoms with Gasteiger partial charge in [0.05, 0.1) is 0 Å². The fraction of sp³-hybridized carbons (Fsp3) is 0.154. The molecule has 2 aromatic rings. The Labute approximate surface area is 94.2 Å². The van der Waals surface area contributed by atoms with E-state index in [1.165, 1.54) is 0 Å². The van der Waals surface area contributed by atoms with E-state index in [-0.39, 0.29) is 5.78 Å². The number of aryl methyl sites for hydroxylation is 1. The predicted octanol–water partition coefficient (Wildman–Crippen LogP) is 2.21. The molecule has 0 spiro atoms. The molecule has 0 aliphatic carbocycles. The molecule has 3 heteroatoms. The van der Waals surface area contributed by atoms with Crippen LogP contribution < -0.4 is 0 Å². The monoisotopic (exact) mass is 212 g/mol. The van der Waals surface area contributed by atoms with Crippen molar-refractivity contribution in [2.24, 2.45) is 0 Å². The van der Waals surface area contributed by atoms with Gasteiger partial charge in [-0.2, -0.15) is 0 Å². The van der Waals surface area contributed by atoms with E-state index < -0.39 is 0 Å². The van der Waals surface area contributed by atoms with Gasteiger partial charge in [-0.3, -0.25) is 14.8 Å². The number of pyridine rings is 2. The molecular weight excluding hydrogens is 200 g/mol. The minimum absolute atomic E-state index is 0.0820. The number of hydrogen-bond donors (Lipinski definition) is 0. The van der Waals surface area contributed by atoms with Crippen molar-refractivity contribution in [1.82, 2.24) is 9.97 Å². The van der Waals surface area contributed by atoms with Crippen molar-refractivity contribution in [3.63, 3.8) is 0 Å². The van der Waals surface area contributed by atoms with Crippen LogP contribution in [-0.4, -0.2) is 15.8 Å². The first kappa shape index (κ1) is 10.5. The topological polar surface area (TPSA) is 42.9 Å². The van der Waals surface area contributed by atoms with E-state index in [1.807, 2.05) is 19.1 Å². The fourth-order valence-electron chi connectivity index (χ4n) is 1.56. The molecule has 0 aliphatic heterocycles. The van der Waals surface area contributed by atoms with Crippen molar-refractivity contribution >= 4 is 5.78 Å². The van der Waals surface area contributed by atoms with Gasteiger partial charge >= 0.3 is 0 Å². The van der Waals surface area contributed by atoms with E-state index >= 15 is 0 Å². The highest BCUT2D eigenvalue weighted by molar-refractivity contribution is 5.98. The number of rotatable bonds is 3. The van der Waals surface area contributed by atoms with Crippen molar-refractivity contribution in [2.75, 3.05) is 0 Å². The van der Waals surface area contributed by atoms with Crippen LogP contribution in [0.4, 0.5) is 0 Å². The van der Waals surface area contributed by atoms with E-state index in [2.05, 4.69) is 9.97 Å². The fourth-order valence-corrected chi connectivity index (χ4v) is 1.56. The Hall–Kier alpha value is -2.03. The van der Waals surface area contributed by atoms with Gasteiger partial charge in [-0.05, 0) is 30.7 Å². The Morgan fingerprint density at radius 3 is 2.75 bits per heavy atom. The van der Waals surface area contributed by atoms with Crippen molar-refractivity contribution in [3.8, 4) is 0 Å². The maximum atomic E-state index is 12.0. The number of nitrogens with zero attached hydrogens (tertiary/aromatic N) is 2. The lowest BCUT2D eigenvalue weighted by molar-refractivity contribution is 0.0992. The first-order chi connectivity index (χ1) is 7.77. The zero-order valence-corrected chi connectivity index (χ0v) is 9.05. The van der Waals surface area contributed by atoms with Gasteiger partial charge in [0.2, 0.25) is 0 Å². The van der Waals surface area contributed by atoms with Gasteiger partial charge < -0.3 is 0 Å². The highest BCUT2D eigenvalue weighted by Crippen LogP contribution is 2.08. The summed E-state index contributed by atoms with van der Waals surface area (Å²) in [5.41, 5.74) is 2.39. The predicted molar refractivity (Wildman–Crippen MR) is 61.2 cm³/mol. The largest absolute Gasteiger partial charge is 0.294 e. The number of ketones is 1. The molecule has 3 nitrogen and oxygen atoms in total. The summed E-state index contributed by atoms with van der Waals surface area (Å²) in [6.07, 6.45) is 5.48. The quantitative estimate of drug-likeness (QED) is 0.732. The molecule has 2 rings (SSSR count). The van der Waals surface area contributed by atoms with Gasteiger partial charge in [0.15, 0.2) is 5.78 Å². The molecule has 0 radical (unpaired) electrons. The summed E-state index contributed by atoms with van der Waals surface area (Å²) in [6, 6.07) is 7.32. The SMILES string of the molecule is Cc1ncccc1C(=O)Cc1cccnc1. The normalized spacial score (nSPS) is 10.1. The third-order valence-electron chi connectivity index (χ3n) is 2.39. The smallest absolute Gasteiger partial charge is 0.169 e. The van der Waals surface area contributed by atoms with Crippen LogP contribution in [0.15, 0.2) is 42.9 Å². The lowest BCUT2D eigenvalue weighted by Crippen LogP contribution is -2.06. The van der Waals surface area contributed by atoms with Crippen LogP contribution in [0.1, 0.15) is 21.6 Å². The second kappa shape index (κ2) is 4.66. The summed E-state index contributed by atoms with van der Waals surface area (Å²) >= 11 is 0. The van der Waals surface area contributed by atoms with Crippen molar-refractivity contribution in [2.45, 2.75) is 13.3 Å². The molecule has 0 fully saturated rings. The molecule has 0 bridgehead atoms. The van der Waals surface area contributed by atoms with E-state index in [9.17, 15) is 4.79 Å². The minimum atomic E-state index is 0.0820. The minimum Gasteiger partial charge on any atom is -0.294 e. The van der Waals surface area contributed by atoms with Gasteiger partial charge in [0, 0.05) is 36.3 Å². The van der Waals surface area contributed by atoms with Crippen LogP contribution in [0.2, 0.25) is 0 Å². The Balaban J connectivity index is 2.19. The van der Waals surface area contributed by atoms with Gasteiger partial charge in [0.25, 0.3) is 0 Å². The highest BCUT2D eigenvalue weighted by atomic mass is 16.1. The van der Waals surface area contributed by atoms with Crippen LogP contribution in [0.3, 0.4) is 0 Å². The molecule has 0 unspecified atom stereocenters. The summed E-state index contributed by atoms with van der Waals surface area (Å²) in [5.74, 6) is 0.0820. The summed E-state index contributed by atoms with van der Waals surface area (Å²) < 4.78 is 0. The molecule has 0 saturated carbocycles. The lowest BCUT2D eigenvalue weighted by atomic mass is 10.0. The molecular formula is C13H12N2O. The number of aromatic nitrogens is 2. The van der Waals surface area contributed by atoms with Crippen molar-refractivity contribution in [1.29, 1.82) is 0 Å². The van der Waals surface area contributed by atoms with E-state index in [0.717, 1.165) is 11.3 Å². The molecule has 0 aliphatic rings. The standard InChI is InChI=1S/C13H12N2O/c1-10-12(5-3-7-15-10)13(16)8-11-4-2-6-14-9-11/h2-7,9H,8H2,1H3.